The summed E-state index contributed by atoms with van der Waals surface area (Å²) < 4.78 is 25.7. The molecule has 0 fully saturated rings. The largest absolute Gasteiger partial charge is 0.324 e. The van der Waals surface area contributed by atoms with Gasteiger partial charge in [0.25, 0.3) is 0 Å². The molecule has 0 spiro atoms. The van der Waals surface area contributed by atoms with Crippen LogP contribution in [0.15, 0.2) is 46.0 Å². The van der Waals surface area contributed by atoms with Gasteiger partial charge in [-0.3, -0.25) is 4.79 Å². The molecule has 0 saturated carbocycles. The number of amides is 1. The predicted octanol–water partition coefficient (Wildman–Crippen LogP) is 2.74. The number of anilines is 1. The fourth-order valence-electron chi connectivity index (χ4n) is 1.91. The maximum Gasteiger partial charge on any atom is 0.244 e. The van der Waals surface area contributed by atoms with E-state index in [1.807, 2.05) is 16.8 Å². The van der Waals surface area contributed by atoms with Crippen molar-refractivity contribution in [2.45, 2.75) is 17.7 Å². The lowest BCUT2D eigenvalue weighted by Gasteiger charge is -2.17. The molecule has 1 amide bonds. The van der Waals surface area contributed by atoms with Crippen molar-refractivity contribution in [1.29, 1.82) is 0 Å². The van der Waals surface area contributed by atoms with Crippen molar-refractivity contribution < 1.29 is 13.2 Å². The fourth-order valence-corrected chi connectivity index (χ4v) is 3.70. The van der Waals surface area contributed by atoms with Crippen LogP contribution < -0.4 is 5.32 Å². The Kier molecular flexibility index (Phi) is 5.00. The van der Waals surface area contributed by atoms with Crippen LogP contribution in [0.3, 0.4) is 0 Å². The molecule has 1 N–H and O–H groups in total. The molecule has 0 radical (unpaired) electrons. The van der Waals surface area contributed by atoms with Crippen LogP contribution in [0.4, 0.5) is 5.69 Å². The number of hydrogen-bond acceptors (Lipinski definition) is 4. The molecular weight excluding hydrogens is 320 g/mol. The molecule has 2 aromatic rings. The highest BCUT2D eigenvalue weighted by atomic mass is 32.2. The first-order valence-corrected chi connectivity index (χ1v) is 9.07. The van der Waals surface area contributed by atoms with E-state index in [2.05, 4.69) is 5.32 Å². The Bertz CT molecular complexity index is 753. The number of thiophene rings is 1. The number of hydrogen-bond donors (Lipinski definition) is 1. The van der Waals surface area contributed by atoms with E-state index >= 15 is 0 Å². The van der Waals surface area contributed by atoms with Gasteiger partial charge in [-0.05, 0) is 41.4 Å². The molecule has 1 aromatic heterocycles. The third-order valence-corrected chi connectivity index (χ3v) is 5.91. The Labute approximate surface area is 134 Å². The number of benzene rings is 1. The normalized spacial score (nSPS) is 13.1. The lowest BCUT2D eigenvalue weighted by atomic mass is 10.0. The SMILES string of the molecule is C[C@H](C(=O)Nc1ccccc1S(=O)(=O)N(C)C)c1ccsc1. The van der Waals surface area contributed by atoms with Gasteiger partial charge in [0.15, 0.2) is 0 Å². The standard InChI is InChI=1S/C15H18N2O3S2/c1-11(12-8-9-21-10-12)15(18)16-13-6-4-5-7-14(13)22(19,20)17(2)3/h4-11H,1-3H3,(H,16,18)/t11-/m0/s1. The zero-order chi connectivity index (χ0) is 16.3. The molecule has 0 aliphatic carbocycles. The van der Waals surface area contributed by atoms with Crippen molar-refractivity contribution in [2.75, 3.05) is 19.4 Å². The maximum absolute atomic E-state index is 12.3. The minimum absolute atomic E-state index is 0.0888. The number of para-hydroxylation sites is 1. The summed E-state index contributed by atoms with van der Waals surface area (Å²) in [5, 5.41) is 6.54. The number of sulfonamides is 1. The lowest BCUT2D eigenvalue weighted by molar-refractivity contribution is -0.117. The van der Waals surface area contributed by atoms with Gasteiger partial charge in [-0.2, -0.15) is 11.3 Å². The van der Waals surface area contributed by atoms with Crippen LogP contribution in [0.5, 0.6) is 0 Å². The van der Waals surface area contributed by atoms with Crippen molar-refractivity contribution in [3.63, 3.8) is 0 Å². The number of carbonyl (C=O) groups excluding carboxylic acids is 1. The Balaban J connectivity index is 2.29. The van der Waals surface area contributed by atoms with E-state index in [-0.39, 0.29) is 16.7 Å². The molecule has 7 heteroatoms. The maximum atomic E-state index is 12.3. The first kappa shape index (κ1) is 16.7. The van der Waals surface area contributed by atoms with E-state index < -0.39 is 10.0 Å². The highest BCUT2D eigenvalue weighted by Gasteiger charge is 2.23. The van der Waals surface area contributed by atoms with Gasteiger partial charge in [0.1, 0.15) is 4.90 Å². The molecule has 1 heterocycles. The zero-order valence-electron chi connectivity index (χ0n) is 12.6. The first-order valence-electron chi connectivity index (χ1n) is 6.68. The summed E-state index contributed by atoms with van der Waals surface area (Å²) in [5.74, 6) is -0.582. The second-order valence-corrected chi connectivity index (χ2v) is 7.95. The number of nitrogens with one attached hydrogen (secondary N) is 1. The van der Waals surface area contributed by atoms with Crippen LogP contribution in [-0.2, 0) is 14.8 Å². The van der Waals surface area contributed by atoms with Crippen LogP contribution in [0.1, 0.15) is 18.4 Å². The van der Waals surface area contributed by atoms with Crippen LogP contribution in [0, 0.1) is 0 Å². The molecule has 0 saturated heterocycles. The Morgan fingerprint density at radius 3 is 2.50 bits per heavy atom. The van der Waals surface area contributed by atoms with Gasteiger partial charge in [-0.25, -0.2) is 12.7 Å². The van der Waals surface area contributed by atoms with E-state index in [9.17, 15) is 13.2 Å². The molecule has 118 valence electrons. The smallest absolute Gasteiger partial charge is 0.244 e. The molecule has 22 heavy (non-hydrogen) atoms. The van der Waals surface area contributed by atoms with Crippen LogP contribution in [-0.4, -0.2) is 32.7 Å². The minimum atomic E-state index is -3.61. The number of carbonyl (C=O) groups is 1. The topological polar surface area (TPSA) is 66.5 Å². The Morgan fingerprint density at radius 1 is 1.23 bits per heavy atom. The van der Waals surface area contributed by atoms with Crippen LogP contribution in [0.25, 0.3) is 0 Å². The van der Waals surface area contributed by atoms with Gasteiger partial charge in [-0.1, -0.05) is 12.1 Å². The average molecular weight is 338 g/mol. The van der Waals surface area contributed by atoms with Crippen molar-refractivity contribution in [1.82, 2.24) is 4.31 Å². The molecule has 0 unspecified atom stereocenters. The van der Waals surface area contributed by atoms with Gasteiger partial charge in [0.05, 0.1) is 11.6 Å². The predicted molar refractivity (Wildman–Crippen MR) is 88.7 cm³/mol. The van der Waals surface area contributed by atoms with E-state index in [0.717, 1.165) is 9.87 Å². The van der Waals surface area contributed by atoms with Gasteiger partial charge in [-0.15, -0.1) is 0 Å². The van der Waals surface area contributed by atoms with E-state index in [4.69, 9.17) is 0 Å². The molecule has 0 bridgehead atoms. The zero-order valence-corrected chi connectivity index (χ0v) is 14.2. The fraction of sp³-hybridized carbons (Fsp3) is 0.267. The summed E-state index contributed by atoms with van der Waals surface area (Å²) >= 11 is 1.52. The molecule has 0 aliphatic heterocycles. The van der Waals surface area contributed by atoms with E-state index in [1.54, 1.807) is 25.1 Å². The highest BCUT2D eigenvalue weighted by Crippen LogP contribution is 2.25. The number of rotatable bonds is 5. The van der Waals surface area contributed by atoms with Gasteiger partial charge in [0, 0.05) is 14.1 Å². The second kappa shape index (κ2) is 6.60. The van der Waals surface area contributed by atoms with Gasteiger partial charge < -0.3 is 5.32 Å². The summed E-state index contributed by atoms with van der Waals surface area (Å²) in [6.07, 6.45) is 0. The summed E-state index contributed by atoms with van der Waals surface area (Å²) in [4.78, 5) is 12.4. The molecule has 2 rings (SSSR count). The third kappa shape index (κ3) is 3.37. The number of nitrogens with zero attached hydrogens (tertiary/aromatic N) is 1. The molecule has 5 nitrogen and oxygen atoms in total. The summed E-state index contributed by atoms with van der Waals surface area (Å²) in [6.45, 7) is 1.79. The molecular formula is C15H18N2O3S2. The Morgan fingerprint density at radius 2 is 1.91 bits per heavy atom. The Hall–Kier alpha value is -1.70. The molecule has 1 aromatic carbocycles. The van der Waals surface area contributed by atoms with Gasteiger partial charge in [0.2, 0.25) is 15.9 Å². The van der Waals surface area contributed by atoms with Crippen molar-refractivity contribution >= 4 is 33.0 Å². The van der Waals surface area contributed by atoms with E-state index in [1.165, 1.54) is 31.5 Å². The molecule has 0 aliphatic rings. The molecule has 1 atom stereocenters. The van der Waals surface area contributed by atoms with Crippen molar-refractivity contribution in [2.24, 2.45) is 0 Å². The van der Waals surface area contributed by atoms with Crippen LogP contribution in [0.2, 0.25) is 0 Å². The summed E-state index contributed by atoms with van der Waals surface area (Å²) in [5.41, 5.74) is 1.21. The summed E-state index contributed by atoms with van der Waals surface area (Å²) in [7, 11) is -0.692. The lowest BCUT2D eigenvalue weighted by Crippen LogP contribution is -2.25. The summed E-state index contributed by atoms with van der Waals surface area (Å²) in [6, 6.07) is 8.29. The van der Waals surface area contributed by atoms with Crippen molar-refractivity contribution in [3.8, 4) is 0 Å². The van der Waals surface area contributed by atoms with Crippen LogP contribution >= 0.6 is 11.3 Å². The minimum Gasteiger partial charge on any atom is -0.324 e. The monoisotopic (exact) mass is 338 g/mol. The third-order valence-electron chi connectivity index (χ3n) is 3.34. The van der Waals surface area contributed by atoms with Crippen molar-refractivity contribution in [3.05, 3.63) is 46.7 Å². The quantitative estimate of drug-likeness (QED) is 0.911. The second-order valence-electron chi connectivity index (χ2n) is 5.05. The van der Waals surface area contributed by atoms with Gasteiger partial charge >= 0.3 is 0 Å². The highest BCUT2D eigenvalue weighted by molar-refractivity contribution is 7.89. The average Bonchev–Trinajstić information content (AvgIpc) is 3.00. The van der Waals surface area contributed by atoms with E-state index in [0.29, 0.717) is 5.69 Å². The first-order chi connectivity index (χ1) is 10.3.